The lowest BCUT2D eigenvalue weighted by molar-refractivity contribution is -0.192. The van der Waals surface area contributed by atoms with Gasteiger partial charge in [0, 0.05) is 18.7 Å². The standard InChI is InChI=1S/C24H31N5O3.C2HF3O2/c30-22(31)14-25-23(18-7-3-1-4-8-18)28-24(32)20-13-21(27-16-26-20)29(15-17-11-12-17)19-9-5-2-6-10-19;3-2(4,5)1(6)7/h1,3-4,7-8,13,16-17,19,23,25H,2,5-6,9-12,14-15H2,(H,28,32)(H,30,31);(H,6,7). The van der Waals surface area contributed by atoms with Crippen molar-refractivity contribution in [2.24, 2.45) is 5.92 Å². The first kappa shape index (κ1) is 29.8. The summed E-state index contributed by atoms with van der Waals surface area (Å²) in [5.41, 5.74) is 1.05. The van der Waals surface area contributed by atoms with Crippen LogP contribution in [-0.4, -0.2) is 63.3 Å². The van der Waals surface area contributed by atoms with Gasteiger partial charge in [-0.15, -0.1) is 0 Å². The molecule has 1 amide bonds. The number of hydrogen-bond acceptors (Lipinski definition) is 7. The van der Waals surface area contributed by atoms with E-state index >= 15 is 0 Å². The summed E-state index contributed by atoms with van der Waals surface area (Å²) >= 11 is 0. The molecule has 2 aliphatic rings. The summed E-state index contributed by atoms with van der Waals surface area (Å²) in [6, 6.07) is 11.5. The van der Waals surface area contributed by atoms with E-state index in [4.69, 9.17) is 15.0 Å². The number of carboxylic acids is 2. The van der Waals surface area contributed by atoms with Gasteiger partial charge in [0.05, 0.1) is 6.54 Å². The maximum Gasteiger partial charge on any atom is 0.490 e. The molecule has 2 saturated carbocycles. The molecule has 1 unspecified atom stereocenters. The first-order valence-corrected chi connectivity index (χ1v) is 12.7. The van der Waals surface area contributed by atoms with E-state index in [0.29, 0.717) is 12.0 Å². The van der Waals surface area contributed by atoms with E-state index in [-0.39, 0.29) is 18.1 Å². The molecule has 2 fully saturated rings. The van der Waals surface area contributed by atoms with Crippen molar-refractivity contribution in [3.8, 4) is 0 Å². The molecule has 10 nitrogen and oxygen atoms in total. The number of aromatic nitrogens is 2. The minimum Gasteiger partial charge on any atom is -0.480 e. The molecule has 0 spiro atoms. The van der Waals surface area contributed by atoms with Gasteiger partial charge < -0.3 is 20.4 Å². The zero-order valence-corrected chi connectivity index (χ0v) is 21.2. The SMILES string of the molecule is O=C(O)C(F)(F)F.O=C(O)CNC(NC(=O)c1cc(N(CC2CC2)C2CCCCC2)ncn1)c1ccccc1. The van der Waals surface area contributed by atoms with Crippen LogP contribution in [0, 0.1) is 5.92 Å². The Bertz CT molecular complexity index is 1110. The zero-order valence-electron chi connectivity index (χ0n) is 21.2. The Morgan fingerprint density at radius 3 is 2.21 bits per heavy atom. The highest BCUT2D eigenvalue weighted by Gasteiger charge is 2.38. The predicted molar refractivity (Wildman–Crippen MR) is 135 cm³/mol. The lowest BCUT2D eigenvalue weighted by atomic mass is 9.94. The monoisotopic (exact) mass is 551 g/mol. The third kappa shape index (κ3) is 9.82. The van der Waals surface area contributed by atoms with Crippen LogP contribution < -0.4 is 15.5 Å². The smallest absolute Gasteiger partial charge is 0.480 e. The average Bonchev–Trinajstić information content (AvgIpc) is 3.75. The van der Waals surface area contributed by atoms with Crippen molar-refractivity contribution in [3.63, 3.8) is 0 Å². The molecule has 4 rings (SSSR count). The summed E-state index contributed by atoms with van der Waals surface area (Å²) in [5, 5.41) is 21.9. The molecule has 2 aliphatic carbocycles. The maximum absolute atomic E-state index is 13.1. The summed E-state index contributed by atoms with van der Waals surface area (Å²) in [7, 11) is 0. The molecule has 0 aliphatic heterocycles. The van der Waals surface area contributed by atoms with Crippen LogP contribution in [-0.2, 0) is 9.59 Å². The van der Waals surface area contributed by atoms with E-state index in [1.54, 1.807) is 6.07 Å². The normalized spacial score (nSPS) is 16.4. The molecule has 1 aromatic heterocycles. The van der Waals surface area contributed by atoms with E-state index in [1.807, 2.05) is 30.3 Å². The largest absolute Gasteiger partial charge is 0.490 e. The van der Waals surface area contributed by atoms with Crippen molar-refractivity contribution in [2.75, 3.05) is 18.0 Å². The van der Waals surface area contributed by atoms with Gasteiger partial charge in [0.15, 0.2) is 0 Å². The molecule has 13 heteroatoms. The quantitative estimate of drug-likeness (QED) is 0.324. The molecule has 1 atom stereocenters. The molecular formula is C26H32F3N5O5. The van der Waals surface area contributed by atoms with E-state index in [0.717, 1.165) is 30.8 Å². The second kappa shape index (κ2) is 13.9. The molecule has 4 N–H and O–H groups in total. The first-order valence-electron chi connectivity index (χ1n) is 12.7. The fraction of sp³-hybridized carbons (Fsp3) is 0.500. The number of rotatable bonds is 10. The number of nitrogens with one attached hydrogen (secondary N) is 2. The Labute approximate surface area is 223 Å². The van der Waals surface area contributed by atoms with Crippen molar-refractivity contribution in [3.05, 3.63) is 54.0 Å². The summed E-state index contributed by atoms with van der Waals surface area (Å²) in [5.74, 6) is -2.60. The van der Waals surface area contributed by atoms with Crippen molar-refractivity contribution in [1.29, 1.82) is 0 Å². The predicted octanol–water partition coefficient (Wildman–Crippen LogP) is 3.76. The molecule has 2 aromatic rings. The van der Waals surface area contributed by atoms with Crippen molar-refractivity contribution in [2.45, 2.75) is 63.3 Å². The van der Waals surface area contributed by atoms with Crippen molar-refractivity contribution < 1.29 is 37.8 Å². The topological polar surface area (TPSA) is 145 Å². The number of aliphatic carboxylic acids is 2. The maximum atomic E-state index is 13.1. The van der Waals surface area contributed by atoms with Gasteiger partial charge in [-0.3, -0.25) is 14.9 Å². The van der Waals surface area contributed by atoms with Gasteiger partial charge in [0.1, 0.15) is 24.0 Å². The molecule has 1 heterocycles. The summed E-state index contributed by atoms with van der Waals surface area (Å²) in [4.78, 5) is 44.1. The van der Waals surface area contributed by atoms with Crippen LogP contribution in [0.2, 0.25) is 0 Å². The third-order valence-corrected chi connectivity index (χ3v) is 6.46. The summed E-state index contributed by atoms with van der Waals surface area (Å²) in [6.45, 7) is 0.710. The molecule has 1 aromatic carbocycles. The van der Waals surface area contributed by atoms with Crippen molar-refractivity contribution in [1.82, 2.24) is 20.6 Å². The van der Waals surface area contributed by atoms with E-state index < -0.39 is 24.3 Å². The first-order chi connectivity index (χ1) is 18.5. The number of amides is 1. The summed E-state index contributed by atoms with van der Waals surface area (Å²) in [6.07, 6.45) is 4.33. The minimum atomic E-state index is -5.08. The number of hydrogen-bond donors (Lipinski definition) is 4. The molecule has 39 heavy (non-hydrogen) atoms. The molecular weight excluding hydrogens is 519 g/mol. The van der Waals surface area contributed by atoms with Crippen LogP contribution in [0.4, 0.5) is 19.0 Å². The van der Waals surface area contributed by atoms with Gasteiger partial charge in [-0.2, -0.15) is 13.2 Å². The zero-order chi connectivity index (χ0) is 28.4. The van der Waals surface area contributed by atoms with Crippen LogP contribution in [0.25, 0.3) is 0 Å². The number of benzene rings is 1. The summed E-state index contributed by atoms with van der Waals surface area (Å²) < 4.78 is 31.7. The Balaban J connectivity index is 0.000000532. The van der Waals surface area contributed by atoms with Gasteiger partial charge in [-0.1, -0.05) is 49.6 Å². The van der Waals surface area contributed by atoms with Gasteiger partial charge in [0.25, 0.3) is 5.91 Å². The highest BCUT2D eigenvalue weighted by molar-refractivity contribution is 5.93. The van der Waals surface area contributed by atoms with Crippen LogP contribution >= 0.6 is 0 Å². The van der Waals surface area contributed by atoms with E-state index in [1.165, 1.54) is 38.4 Å². The number of alkyl halides is 3. The second-order valence-electron chi connectivity index (χ2n) is 9.54. The number of nitrogens with zero attached hydrogens (tertiary/aromatic N) is 3. The fourth-order valence-corrected chi connectivity index (χ4v) is 4.32. The van der Waals surface area contributed by atoms with Crippen LogP contribution in [0.15, 0.2) is 42.7 Å². The number of carbonyl (C=O) groups is 3. The highest BCUT2D eigenvalue weighted by atomic mass is 19.4. The van der Waals surface area contributed by atoms with E-state index in [2.05, 4.69) is 25.5 Å². The van der Waals surface area contributed by atoms with Gasteiger partial charge in [-0.05, 0) is 37.2 Å². The Kier molecular flexibility index (Phi) is 10.6. The lowest BCUT2D eigenvalue weighted by Gasteiger charge is -2.35. The van der Waals surface area contributed by atoms with Gasteiger partial charge in [-0.25, -0.2) is 14.8 Å². The van der Waals surface area contributed by atoms with E-state index in [9.17, 15) is 22.8 Å². The third-order valence-electron chi connectivity index (χ3n) is 6.46. The van der Waals surface area contributed by atoms with Crippen molar-refractivity contribution >= 4 is 23.7 Å². The number of carbonyl (C=O) groups excluding carboxylic acids is 1. The Morgan fingerprint density at radius 2 is 1.64 bits per heavy atom. The highest BCUT2D eigenvalue weighted by Crippen LogP contribution is 2.34. The Morgan fingerprint density at radius 1 is 1.00 bits per heavy atom. The second-order valence-corrected chi connectivity index (χ2v) is 9.54. The van der Waals surface area contributed by atoms with Gasteiger partial charge >= 0.3 is 18.1 Å². The molecule has 0 bridgehead atoms. The molecule has 0 saturated heterocycles. The number of carboxylic acid groups (broad SMARTS) is 2. The number of anilines is 1. The van der Waals surface area contributed by atoms with Crippen LogP contribution in [0.1, 0.15) is 67.2 Å². The van der Waals surface area contributed by atoms with Gasteiger partial charge in [0.2, 0.25) is 0 Å². The minimum absolute atomic E-state index is 0.272. The Hall–Kier alpha value is -3.74. The van der Waals surface area contributed by atoms with Crippen LogP contribution in [0.3, 0.4) is 0 Å². The fourth-order valence-electron chi connectivity index (χ4n) is 4.32. The average molecular weight is 552 g/mol. The van der Waals surface area contributed by atoms with Crippen LogP contribution in [0.5, 0.6) is 0 Å². The number of halogens is 3. The molecule has 212 valence electrons. The molecule has 0 radical (unpaired) electrons. The lowest BCUT2D eigenvalue weighted by Crippen LogP contribution is -2.41.